The van der Waals surface area contributed by atoms with Gasteiger partial charge in [-0.15, -0.1) is 10.2 Å². The van der Waals surface area contributed by atoms with Gasteiger partial charge in [-0.1, -0.05) is 27.5 Å². The Morgan fingerprint density at radius 2 is 1.72 bits per heavy atom. The summed E-state index contributed by atoms with van der Waals surface area (Å²) in [6, 6.07) is 15.1. The molecule has 0 aliphatic carbocycles. The van der Waals surface area contributed by atoms with Crippen LogP contribution in [-0.4, -0.2) is 25.2 Å². The fourth-order valence-electron chi connectivity index (χ4n) is 2.28. The second-order valence-electron chi connectivity index (χ2n) is 5.28. The number of nitrogens with zero attached hydrogens (tertiary/aromatic N) is 5. The molecule has 0 atom stereocenters. The van der Waals surface area contributed by atoms with Crippen LogP contribution in [0.4, 0.5) is 0 Å². The maximum Gasteiger partial charge on any atom is 0.218 e. The second-order valence-corrected chi connectivity index (χ2v) is 6.63. The summed E-state index contributed by atoms with van der Waals surface area (Å²) < 4.78 is 6.75. The van der Waals surface area contributed by atoms with Gasteiger partial charge in [-0.05, 0) is 53.7 Å². The summed E-state index contributed by atoms with van der Waals surface area (Å²) in [5.74, 6) is 1.72. The molecule has 6 nitrogen and oxygen atoms in total. The van der Waals surface area contributed by atoms with E-state index in [4.69, 9.17) is 16.0 Å². The smallest absolute Gasteiger partial charge is 0.218 e. The van der Waals surface area contributed by atoms with Gasteiger partial charge in [0.2, 0.25) is 11.7 Å². The lowest BCUT2D eigenvalue weighted by Gasteiger charge is -1.97. The van der Waals surface area contributed by atoms with Gasteiger partial charge >= 0.3 is 0 Å². The summed E-state index contributed by atoms with van der Waals surface area (Å²) in [6.45, 7) is 0.303. The number of oxazole rings is 1. The predicted octanol–water partition coefficient (Wildman–Crippen LogP) is 4.46. The highest BCUT2D eigenvalue weighted by Crippen LogP contribution is 2.22. The molecule has 4 rings (SSSR count). The minimum absolute atomic E-state index is 0.303. The molecule has 0 saturated heterocycles. The first-order valence-corrected chi connectivity index (χ1v) is 8.59. The van der Waals surface area contributed by atoms with Crippen molar-refractivity contribution in [3.8, 4) is 22.7 Å². The maximum atomic E-state index is 5.90. The molecule has 0 aliphatic rings. The van der Waals surface area contributed by atoms with Gasteiger partial charge in [0, 0.05) is 20.6 Å². The topological polar surface area (TPSA) is 69.6 Å². The highest BCUT2D eigenvalue weighted by Gasteiger charge is 2.10. The Morgan fingerprint density at radius 3 is 2.48 bits per heavy atom. The first-order chi connectivity index (χ1) is 12.2. The molecule has 2 aromatic heterocycles. The molecule has 4 aromatic rings. The van der Waals surface area contributed by atoms with Crippen LogP contribution < -0.4 is 0 Å². The average Bonchev–Trinajstić information content (AvgIpc) is 3.27. The molecule has 0 amide bonds. The number of benzene rings is 2. The zero-order valence-corrected chi connectivity index (χ0v) is 15.1. The van der Waals surface area contributed by atoms with E-state index < -0.39 is 0 Å². The third-order valence-corrected chi connectivity index (χ3v) is 4.29. The van der Waals surface area contributed by atoms with Crippen molar-refractivity contribution in [2.45, 2.75) is 6.54 Å². The van der Waals surface area contributed by atoms with Crippen LogP contribution >= 0.6 is 27.5 Å². The molecule has 0 aliphatic heterocycles. The van der Waals surface area contributed by atoms with Gasteiger partial charge in [0.15, 0.2) is 5.76 Å². The Kier molecular flexibility index (Phi) is 4.33. The van der Waals surface area contributed by atoms with Crippen LogP contribution in [0.15, 0.2) is 63.6 Å². The van der Waals surface area contributed by atoms with Gasteiger partial charge in [-0.3, -0.25) is 0 Å². The SMILES string of the molecule is Clc1ccc(-c2cnc(Cn3nnc(-c4ccc(Br)cc4)n3)o2)cc1. The first-order valence-electron chi connectivity index (χ1n) is 7.42. The molecule has 124 valence electrons. The van der Waals surface area contributed by atoms with E-state index >= 15 is 0 Å². The highest BCUT2D eigenvalue weighted by molar-refractivity contribution is 9.10. The predicted molar refractivity (Wildman–Crippen MR) is 97.0 cm³/mol. The number of tetrazole rings is 1. The zero-order valence-electron chi connectivity index (χ0n) is 12.8. The Bertz CT molecular complexity index is 913. The lowest BCUT2D eigenvalue weighted by atomic mass is 10.2. The van der Waals surface area contributed by atoms with Gasteiger partial charge in [0.25, 0.3) is 0 Å². The maximum absolute atomic E-state index is 5.90. The quantitative estimate of drug-likeness (QED) is 0.491. The molecule has 0 radical (unpaired) electrons. The molecule has 2 aromatic carbocycles. The van der Waals surface area contributed by atoms with Crippen LogP contribution in [0.2, 0.25) is 5.02 Å². The third-order valence-electron chi connectivity index (χ3n) is 3.51. The first kappa shape index (κ1) is 16.0. The van der Waals surface area contributed by atoms with Crippen molar-refractivity contribution in [2.75, 3.05) is 0 Å². The molecular formula is C17H11BrClN5O. The van der Waals surface area contributed by atoms with Crippen LogP contribution in [-0.2, 0) is 6.54 Å². The Morgan fingerprint density at radius 1 is 1.00 bits per heavy atom. The van der Waals surface area contributed by atoms with E-state index in [1.54, 1.807) is 6.20 Å². The molecule has 25 heavy (non-hydrogen) atoms. The minimum Gasteiger partial charge on any atom is -0.439 e. The van der Waals surface area contributed by atoms with Gasteiger partial charge in [-0.2, -0.15) is 4.80 Å². The van der Waals surface area contributed by atoms with Crippen LogP contribution in [0.3, 0.4) is 0 Å². The number of rotatable bonds is 4. The van der Waals surface area contributed by atoms with Crippen molar-refractivity contribution in [1.29, 1.82) is 0 Å². The van der Waals surface area contributed by atoms with Crippen molar-refractivity contribution in [1.82, 2.24) is 25.2 Å². The van der Waals surface area contributed by atoms with Crippen molar-refractivity contribution in [3.05, 3.63) is 70.1 Å². The lowest BCUT2D eigenvalue weighted by Crippen LogP contribution is -2.04. The highest BCUT2D eigenvalue weighted by atomic mass is 79.9. The fourth-order valence-corrected chi connectivity index (χ4v) is 2.67. The van der Waals surface area contributed by atoms with E-state index in [0.717, 1.165) is 15.6 Å². The van der Waals surface area contributed by atoms with Gasteiger partial charge in [-0.25, -0.2) is 4.98 Å². The molecular weight excluding hydrogens is 406 g/mol. The summed E-state index contributed by atoms with van der Waals surface area (Å²) in [4.78, 5) is 5.72. The molecule has 0 spiro atoms. The number of hydrogen-bond acceptors (Lipinski definition) is 5. The summed E-state index contributed by atoms with van der Waals surface area (Å²) >= 11 is 9.30. The Hall–Kier alpha value is -2.51. The van der Waals surface area contributed by atoms with E-state index in [1.165, 1.54) is 4.80 Å². The minimum atomic E-state index is 0.303. The van der Waals surface area contributed by atoms with E-state index in [1.807, 2.05) is 48.5 Å². The molecule has 0 saturated carbocycles. The molecule has 0 bridgehead atoms. The molecule has 0 unspecified atom stereocenters. The Labute approximate surface area is 156 Å². The average molecular weight is 417 g/mol. The monoisotopic (exact) mass is 415 g/mol. The van der Waals surface area contributed by atoms with Gasteiger partial charge < -0.3 is 4.42 Å². The number of aromatic nitrogens is 5. The lowest BCUT2D eigenvalue weighted by molar-refractivity contribution is 0.447. The second kappa shape index (κ2) is 6.78. The van der Waals surface area contributed by atoms with Crippen LogP contribution in [0.5, 0.6) is 0 Å². The molecule has 0 N–H and O–H groups in total. The summed E-state index contributed by atoms with van der Waals surface area (Å²) in [5.41, 5.74) is 1.80. The van der Waals surface area contributed by atoms with Gasteiger partial charge in [0.05, 0.1) is 6.20 Å². The molecule has 2 heterocycles. The van der Waals surface area contributed by atoms with Gasteiger partial charge in [0.1, 0.15) is 6.54 Å². The fraction of sp³-hybridized carbons (Fsp3) is 0.0588. The van der Waals surface area contributed by atoms with Crippen molar-refractivity contribution >= 4 is 27.5 Å². The zero-order chi connectivity index (χ0) is 17.2. The Balaban J connectivity index is 1.51. The van der Waals surface area contributed by atoms with E-state index in [-0.39, 0.29) is 0 Å². The summed E-state index contributed by atoms with van der Waals surface area (Å²) in [7, 11) is 0. The normalized spacial score (nSPS) is 11.0. The number of halogens is 2. The standard InChI is InChI=1S/C17H11BrClN5O/c18-13-5-1-12(2-6-13)17-21-23-24(22-17)10-16-20-9-15(25-16)11-3-7-14(19)8-4-11/h1-9H,10H2. The van der Waals surface area contributed by atoms with Crippen molar-refractivity contribution in [2.24, 2.45) is 0 Å². The van der Waals surface area contributed by atoms with E-state index in [2.05, 4.69) is 36.3 Å². The largest absolute Gasteiger partial charge is 0.439 e. The molecule has 8 heteroatoms. The van der Waals surface area contributed by atoms with Crippen LogP contribution in [0.25, 0.3) is 22.7 Å². The van der Waals surface area contributed by atoms with E-state index in [9.17, 15) is 0 Å². The van der Waals surface area contributed by atoms with Crippen molar-refractivity contribution in [3.63, 3.8) is 0 Å². The summed E-state index contributed by atoms with van der Waals surface area (Å²) in [5, 5.41) is 13.2. The van der Waals surface area contributed by atoms with Crippen LogP contribution in [0, 0.1) is 0 Å². The third kappa shape index (κ3) is 3.62. The number of hydrogen-bond donors (Lipinski definition) is 0. The van der Waals surface area contributed by atoms with E-state index in [0.29, 0.717) is 29.0 Å². The molecule has 0 fully saturated rings. The summed E-state index contributed by atoms with van der Waals surface area (Å²) in [6.07, 6.45) is 1.67. The van der Waals surface area contributed by atoms with Crippen LogP contribution in [0.1, 0.15) is 5.89 Å². The van der Waals surface area contributed by atoms with Crippen molar-refractivity contribution < 1.29 is 4.42 Å².